The van der Waals surface area contributed by atoms with E-state index in [1.807, 2.05) is 31.2 Å². The highest BCUT2D eigenvalue weighted by Gasteiger charge is 2.63. The van der Waals surface area contributed by atoms with Crippen molar-refractivity contribution in [2.75, 3.05) is 0 Å². The van der Waals surface area contributed by atoms with Gasteiger partial charge in [-0.2, -0.15) is 13.2 Å². The van der Waals surface area contributed by atoms with Gasteiger partial charge < -0.3 is 5.32 Å². The number of alkyl halides is 3. The summed E-state index contributed by atoms with van der Waals surface area (Å²) < 4.78 is 39.7. The number of hydrogen-bond donors (Lipinski definition) is 1. The maximum absolute atomic E-state index is 13.2. The third-order valence-electron chi connectivity index (χ3n) is 4.82. The molecule has 5 heteroatoms. The van der Waals surface area contributed by atoms with Crippen molar-refractivity contribution in [3.05, 3.63) is 35.4 Å². The highest BCUT2D eigenvalue weighted by molar-refractivity contribution is 5.84. The quantitative estimate of drug-likeness (QED) is 0.788. The van der Waals surface area contributed by atoms with E-state index in [4.69, 9.17) is 0 Å². The molecule has 1 aliphatic carbocycles. The fourth-order valence-electron chi connectivity index (χ4n) is 3.09. The van der Waals surface area contributed by atoms with Crippen molar-refractivity contribution in [1.82, 2.24) is 5.32 Å². The summed E-state index contributed by atoms with van der Waals surface area (Å²) >= 11 is 0. The number of benzene rings is 1. The molecule has 2 rings (SSSR count). The Hall–Kier alpha value is -1.52. The van der Waals surface area contributed by atoms with Gasteiger partial charge in [0, 0.05) is 0 Å². The molecule has 23 heavy (non-hydrogen) atoms. The van der Waals surface area contributed by atoms with Gasteiger partial charge in [-0.1, -0.05) is 51.0 Å². The second-order valence-electron chi connectivity index (χ2n) is 6.36. The van der Waals surface area contributed by atoms with Gasteiger partial charge in [0.05, 0.1) is 6.04 Å². The number of amides is 1. The molecule has 1 saturated carbocycles. The molecule has 1 aromatic rings. The fourth-order valence-corrected chi connectivity index (χ4v) is 3.09. The maximum atomic E-state index is 13.2. The van der Waals surface area contributed by atoms with Gasteiger partial charge in [0.2, 0.25) is 5.91 Å². The number of aryl methyl sites for hydroxylation is 1. The van der Waals surface area contributed by atoms with Crippen LogP contribution >= 0.6 is 0 Å². The van der Waals surface area contributed by atoms with Gasteiger partial charge in [-0.25, -0.2) is 0 Å². The number of rotatable bonds is 6. The van der Waals surface area contributed by atoms with Gasteiger partial charge in [0.15, 0.2) is 0 Å². The Morgan fingerprint density at radius 1 is 1.22 bits per heavy atom. The second-order valence-corrected chi connectivity index (χ2v) is 6.36. The molecule has 128 valence electrons. The van der Waals surface area contributed by atoms with Gasteiger partial charge in [-0.15, -0.1) is 0 Å². The first-order chi connectivity index (χ1) is 10.8. The second kappa shape index (κ2) is 6.93. The SMILES string of the molecule is CCCc1ccc([C@H](CC)NC(=O)C2(C(F)(F)F)CCC2)cc1. The molecule has 1 amide bonds. The summed E-state index contributed by atoms with van der Waals surface area (Å²) in [5.41, 5.74) is -0.122. The van der Waals surface area contributed by atoms with E-state index in [1.54, 1.807) is 0 Å². The summed E-state index contributed by atoms with van der Waals surface area (Å²) in [6.45, 7) is 3.96. The average Bonchev–Trinajstić information content (AvgIpc) is 2.43. The molecule has 1 atom stereocenters. The van der Waals surface area contributed by atoms with Crippen LogP contribution in [0.4, 0.5) is 13.2 Å². The lowest BCUT2D eigenvalue weighted by molar-refractivity contribution is -0.243. The predicted octanol–water partition coefficient (Wildman–Crippen LogP) is 4.94. The van der Waals surface area contributed by atoms with Crippen LogP contribution in [0.2, 0.25) is 0 Å². The third kappa shape index (κ3) is 3.54. The summed E-state index contributed by atoms with van der Waals surface area (Å²) in [4.78, 5) is 12.3. The molecule has 0 aromatic heterocycles. The zero-order chi connectivity index (χ0) is 17.1. The van der Waals surface area contributed by atoms with E-state index < -0.39 is 17.5 Å². The molecular weight excluding hydrogens is 303 g/mol. The molecular formula is C18H24F3NO. The first kappa shape index (κ1) is 17.8. The molecule has 0 unspecified atom stereocenters. The van der Waals surface area contributed by atoms with Crippen molar-refractivity contribution in [3.63, 3.8) is 0 Å². The van der Waals surface area contributed by atoms with Crippen molar-refractivity contribution >= 4 is 5.91 Å². The summed E-state index contributed by atoms with van der Waals surface area (Å²) in [6.07, 6.45) is -1.65. The Bertz CT molecular complexity index is 532. The van der Waals surface area contributed by atoms with E-state index in [-0.39, 0.29) is 18.9 Å². The molecule has 1 aliphatic rings. The summed E-state index contributed by atoms with van der Waals surface area (Å²) in [5, 5.41) is 2.62. The van der Waals surface area contributed by atoms with Gasteiger partial charge >= 0.3 is 6.18 Å². The third-order valence-corrected chi connectivity index (χ3v) is 4.82. The molecule has 0 saturated heterocycles. The topological polar surface area (TPSA) is 29.1 Å². The Labute approximate surface area is 135 Å². The Balaban J connectivity index is 2.11. The van der Waals surface area contributed by atoms with Crippen LogP contribution in [0.15, 0.2) is 24.3 Å². The summed E-state index contributed by atoms with van der Waals surface area (Å²) in [5.74, 6) is -0.874. The highest BCUT2D eigenvalue weighted by atomic mass is 19.4. The molecule has 1 N–H and O–H groups in total. The Morgan fingerprint density at radius 3 is 2.22 bits per heavy atom. The van der Waals surface area contributed by atoms with Crippen molar-refractivity contribution in [3.8, 4) is 0 Å². The maximum Gasteiger partial charge on any atom is 0.403 e. The number of nitrogens with one attached hydrogen (secondary N) is 1. The molecule has 0 spiro atoms. The number of carbonyl (C=O) groups excluding carboxylic acids is 1. The lowest BCUT2D eigenvalue weighted by atomic mass is 9.67. The lowest BCUT2D eigenvalue weighted by Gasteiger charge is -2.42. The first-order valence-corrected chi connectivity index (χ1v) is 8.30. The zero-order valence-corrected chi connectivity index (χ0v) is 13.7. The molecule has 1 fully saturated rings. The van der Waals surface area contributed by atoms with Crippen LogP contribution in [-0.4, -0.2) is 12.1 Å². The fraction of sp³-hybridized carbons (Fsp3) is 0.611. The van der Waals surface area contributed by atoms with Gasteiger partial charge in [0.1, 0.15) is 5.41 Å². The van der Waals surface area contributed by atoms with Crippen molar-refractivity contribution in [2.24, 2.45) is 5.41 Å². The van der Waals surface area contributed by atoms with Crippen LogP contribution in [0.25, 0.3) is 0 Å². The molecule has 0 bridgehead atoms. The van der Waals surface area contributed by atoms with Gasteiger partial charge in [0.25, 0.3) is 0 Å². The monoisotopic (exact) mass is 327 g/mol. The smallest absolute Gasteiger partial charge is 0.349 e. The number of carbonyl (C=O) groups is 1. The predicted molar refractivity (Wildman–Crippen MR) is 84.0 cm³/mol. The summed E-state index contributed by atoms with van der Waals surface area (Å²) in [7, 11) is 0. The van der Waals surface area contributed by atoms with E-state index in [9.17, 15) is 18.0 Å². The summed E-state index contributed by atoms with van der Waals surface area (Å²) in [6, 6.07) is 7.39. The van der Waals surface area contributed by atoms with E-state index in [0.29, 0.717) is 12.8 Å². The van der Waals surface area contributed by atoms with Crippen LogP contribution in [0.5, 0.6) is 0 Å². The first-order valence-electron chi connectivity index (χ1n) is 8.30. The number of halogens is 3. The highest BCUT2D eigenvalue weighted by Crippen LogP contribution is 2.53. The zero-order valence-electron chi connectivity index (χ0n) is 13.7. The normalized spacial score (nSPS) is 18.1. The van der Waals surface area contributed by atoms with Crippen LogP contribution in [0.3, 0.4) is 0 Å². The number of hydrogen-bond acceptors (Lipinski definition) is 1. The van der Waals surface area contributed by atoms with E-state index >= 15 is 0 Å². The molecule has 0 heterocycles. The van der Waals surface area contributed by atoms with E-state index in [2.05, 4.69) is 12.2 Å². The molecule has 2 nitrogen and oxygen atoms in total. The van der Waals surface area contributed by atoms with Crippen molar-refractivity contribution in [2.45, 2.75) is 64.6 Å². The van der Waals surface area contributed by atoms with Crippen LogP contribution in [-0.2, 0) is 11.2 Å². The molecule has 0 radical (unpaired) electrons. The van der Waals surface area contributed by atoms with E-state index in [1.165, 1.54) is 5.56 Å². The minimum atomic E-state index is -4.47. The largest absolute Gasteiger partial charge is 0.403 e. The van der Waals surface area contributed by atoms with Crippen molar-refractivity contribution in [1.29, 1.82) is 0 Å². The average molecular weight is 327 g/mol. The van der Waals surface area contributed by atoms with Crippen molar-refractivity contribution < 1.29 is 18.0 Å². The minimum absolute atomic E-state index is 0.103. The van der Waals surface area contributed by atoms with E-state index in [0.717, 1.165) is 18.4 Å². The Morgan fingerprint density at radius 2 is 1.83 bits per heavy atom. The molecule has 1 aromatic carbocycles. The van der Waals surface area contributed by atoms with Crippen LogP contribution in [0.1, 0.15) is 63.1 Å². The van der Waals surface area contributed by atoms with Gasteiger partial charge in [-0.05, 0) is 36.8 Å². The van der Waals surface area contributed by atoms with Crippen LogP contribution < -0.4 is 5.32 Å². The molecule has 0 aliphatic heterocycles. The minimum Gasteiger partial charge on any atom is -0.349 e. The van der Waals surface area contributed by atoms with Gasteiger partial charge in [-0.3, -0.25) is 4.79 Å². The van der Waals surface area contributed by atoms with Crippen LogP contribution in [0, 0.1) is 5.41 Å². The Kier molecular flexibility index (Phi) is 5.37. The standard InChI is InChI=1S/C18H24F3NO/c1-3-6-13-7-9-14(10-8-13)15(4-2)22-16(23)17(11-5-12-17)18(19,20)21/h7-10,15H,3-6,11-12H2,1-2H3,(H,22,23)/t15-/m0/s1. The lowest BCUT2D eigenvalue weighted by Crippen LogP contribution is -2.55.